The van der Waals surface area contributed by atoms with Crippen LogP contribution in [0.15, 0.2) is 24.3 Å². The van der Waals surface area contributed by atoms with Crippen LogP contribution in [0.5, 0.6) is 0 Å². The molecule has 2 aromatic rings. The second-order valence-electron chi connectivity index (χ2n) is 7.82. The second kappa shape index (κ2) is 8.76. The van der Waals surface area contributed by atoms with Crippen molar-refractivity contribution in [2.75, 3.05) is 19.6 Å². The van der Waals surface area contributed by atoms with Crippen molar-refractivity contribution in [1.29, 1.82) is 0 Å². The van der Waals surface area contributed by atoms with Gasteiger partial charge in [-0.15, -0.1) is 0 Å². The lowest BCUT2D eigenvalue weighted by Gasteiger charge is -2.15. The molecule has 29 heavy (non-hydrogen) atoms. The van der Waals surface area contributed by atoms with Gasteiger partial charge < -0.3 is 10.2 Å². The molecule has 1 N–H and O–H groups in total. The van der Waals surface area contributed by atoms with Crippen molar-refractivity contribution in [2.45, 2.75) is 51.4 Å². The SMILES string of the molecule is O=C(NCCC(=O)N1CCCC1)c1nn(-c2ccc(F)cc2)c2c1CCCCC2. The van der Waals surface area contributed by atoms with Crippen molar-refractivity contribution >= 4 is 11.8 Å². The molecule has 154 valence electrons. The molecule has 1 aliphatic carbocycles. The van der Waals surface area contributed by atoms with E-state index in [2.05, 4.69) is 10.4 Å². The summed E-state index contributed by atoms with van der Waals surface area (Å²) >= 11 is 0. The molecule has 0 bridgehead atoms. The van der Waals surface area contributed by atoms with E-state index in [0.29, 0.717) is 18.7 Å². The average molecular weight is 398 g/mol. The molecule has 0 spiro atoms. The van der Waals surface area contributed by atoms with Gasteiger partial charge in [-0.3, -0.25) is 9.59 Å². The summed E-state index contributed by atoms with van der Waals surface area (Å²) in [6, 6.07) is 6.18. The van der Waals surface area contributed by atoms with E-state index in [-0.39, 0.29) is 17.6 Å². The maximum atomic E-state index is 13.3. The Morgan fingerprint density at radius 1 is 1.00 bits per heavy atom. The van der Waals surface area contributed by atoms with Gasteiger partial charge in [0.25, 0.3) is 5.91 Å². The number of nitrogens with zero attached hydrogens (tertiary/aromatic N) is 3. The van der Waals surface area contributed by atoms with Gasteiger partial charge in [0.15, 0.2) is 5.69 Å². The van der Waals surface area contributed by atoms with Gasteiger partial charge >= 0.3 is 0 Å². The Morgan fingerprint density at radius 3 is 2.48 bits per heavy atom. The van der Waals surface area contributed by atoms with Gasteiger partial charge in [0.1, 0.15) is 5.82 Å². The summed E-state index contributed by atoms with van der Waals surface area (Å²) in [5.41, 5.74) is 3.20. The highest BCUT2D eigenvalue weighted by Gasteiger charge is 2.25. The summed E-state index contributed by atoms with van der Waals surface area (Å²) in [5, 5.41) is 7.47. The highest BCUT2D eigenvalue weighted by atomic mass is 19.1. The highest BCUT2D eigenvalue weighted by Crippen LogP contribution is 2.26. The second-order valence-corrected chi connectivity index (χ2v) is 7.82. The van der Waals surface area contributed by atoms with E-state index in [1.54, 1.807) is 16.8 Å². The molecule has 1 aliphatic heterocycles. The summed E-state index contributed by atoms with van der Waals surface area (Å²) in [6.45, 7) is 1.96. The molecule has 0 atom stereocenters. The molecule has 2 amide bonds. The maximum Gasteiger partial charge on any atom is 0.272 e. The number of likely N-dealkylation sites (tertiary alicyclic amines) is 1. The van der Waals surface area contributed by atoms with Gasteiger partial charge in [0.2, 0.25) is 5.91 Å². The molecule has 1 saturated heterocycles. The number of hydrogen-bond donors (Lipinski definition) is 1. The van der Waals surface area contributed by atoms with E-state index in [9.17, 15) is 14.0 Å². The highest BCUT2D eigenvalue weighted by molar-refractivity contribution is 5.94. The number of nitrogens with one attached hydrogen (secondary N) is 1. The molecule has 7 heteroatoms. The van der Waals surface area contributed by atoms with Crippen LogP contribution in [0.25, 0.3) is 5.69 Å². The molecular weight excluding hydrogens is 371 g/mol. The van der Waals surface area contributed by atoms with Crippen molar-refractivity contribution in [2.24, 2.45) is 0 Å². The van der Waals surface area contributed by atoms with Crippen LogP contribution < -0.4 is 5.32 Å². The fourth-order valence-corrected chi connectivity index (χ4v) is 4.25. The molecule has 1 fully saturated rings. The van der Waals surface area contributed by atoms with E-state index >= 15 is 0 Å². The predicted octanol–water partition coefficient (Wildman–Crippen LogP) is 3.02. The Bertz CT molecular complexity index is 885. The van der Waals surface area contributed by atoms with Gasteiger partial charge in [0, 0.05) is 37.3 Å². The van der Waals surface area contributed by atoms with E-state index in [0.717, 1.165) is 75.0 Å². The molecule has 1 aromatic carbocycles. The first-order valence-corrected chi connectivity index (χ1v) is 10.6. The molecule has 0 radical (unpaired) electrons. The lowest BCUT2D eigenvalue weighted by atomic mass is 10.1. The van der Waals surface area contributed by atoms with Gasteiger partial charge in [-0.05, 0) is 62.8 Å². The first kappa shape index (κ1) is 19.6. The van der Waals surface area contributed by atoms with Crippen LogP contribution in [0, 0.1) is 5.82 Å². The summed E-state index contributed by atoms with van der Waals surface area (Å²) in [6.07, 6.45) is 7.28. The third-order valence-corrected chi connectivity index (χ3v) is 5.80. The fourth-order valence-electron chi connectivity index (χ4n) is 4.25. The maximum absolute atomic E-state index is 13.3. The Labute approximate surface area is 170 Å². The Kier molecular flexibility index (Phi) is 5.92. The van der Waals surface area contributed by atoms with E-state index in [1.807, 2.05) is 4.90 Å². The monoisotopic (exact) mass is 398 g/mol. The number of carbonyl (C=O) groups is 2. The van der Waals surface area contributed by atoms with Gasteiger partial charge in [-0.1, -0.05) is 6.42 Å². The summed E-state index contributed by atoms with van der Waals surface area (Å²) in [4.78, 5) is 26.9. The molecule has 2 aliphatic rings. The third kappa shape index (κ3) is 4.33. The number of hydrogen-bond acceptors (Lipinski definition) is 3. The Hall–Kier alpha value is -2.70. The third-order valence-electron chi connectivity index (χ3n) is 5.80. The van der Waals surface area contributed by atoms with Crippen LogP contribution in [0.1, 0.15) is 60.3 Å². The number of halogens is 1. The fraction of sp³-hybridized carbons (Fsp3) is 0.500. The quantitative estimate of drug-likeness (QED) is 0.788. The summed E-state index contributed by atoms with van der Waals surface area (Å²) < 4.78 is 15.1. The molecule has 0 unspecified atom stereocenters. The van der Waals surface area contributed by atoms with Gasteiger partial charge in [0.05, 0.1) is 5.69 Å². The number of aromatic nitrogens is 2. The van der Waals surface area contributed by atoms with Crippen LogP contribution in [0.3, 0.4) is 0 Å². The van der Waals surface area contributed by atoms with Crippen molar-refractivity contribution < 1.29 is 14.0 Å². The first-order valence-electron chi connectivity index (χ1n) is 10.6. The zero-order valence-electron chi connectivity index (χ0n) is 16.6. The van der Waals surface area contributed by atoms with Crippen molar-refractivity contribution in [1.82, 2.24) is 20.0 Å². The van der Waals surface area contributed by atoms with E-state index in [1.165, 1.54) is 12.1 Å². The lowest BCUT2D eigenvalue weighted by Crippen LogP contribution is -2.33. The topological polar surface area (TPSA) is 67.2 Å². The minimum Gasteiger partial charge on any atom is -0.350 e. The predicted molar refractivity (Wildman–Crippen MR) is 108 cm³/mol. The molecule has 4 rings (SSSR count). The van der Waals surface area contributed by atoms with Crippen molar-refractivity contribution in [3.63, 3.8) is 0 Å². The number of rotatable bonds is 5. The minimum absolute atomic E-state index is 0.0958. The smallest absolute Gasteiger partial charge is 0.272 e. The zero-order valence-corrected chi connectivity index (χ0v) is 16.6. The Morgan fingerprint density at radius 2 is 1.72 bits per heavy atom. The largest absolute Gasteiger partial charge is 0.350 e. The minimum atomic E-state index is -0.298. The molecule has 0 saturated carbocycles. The molecular formula is C22H27FN4O2. The number of amides is 2. The van der Waals surface area contributed by atoms with Crippen LogP contribution in [-0.2, 0) is 17.6 Å². The Balaban J connectivity index is 1.50. The number of benzene rings is 1. The normalized spacial score (nSPS) is 16.4. The average Bonchev–Trinajstić information content (AvgIpc) is 3.31. The standard InChI is InChI=1S/C22H27FN4O2/c23-16-8-10-17(11-9-16)27-19-7-3-1-2-6-18(19)21(25-27)22(29)24-13-12-20(28)26-14-4-5-15-26/h8-11H,1-7,12-15H2,(H,24,29). The first-order chi connectivity index (χ1) is 14.1. The summed E-state index contributed by atoms with van der Waals surface area (Å²) in [5.74, 6) is -0.440. The summed E-state index contributed by atoms with van der Waals surface area (Å²) in [7, 11) is 0. The lowest BCUT2D eigenvalue weighted by molar-refractivity contribution is -0.129. The number of fused-ring (bicyclic) bond motifs is 1. The van der Waals surface area contributed by atoms with Gasteiger partial charge in [-0.2, -0.15) is 5.10 Å². The van der Waals surface area contributed by atoms with Crippen LogP contribution in [-0.4, -0.2) is 46.1 Å². The molecule has 6 nitrogen and oxygen atoms in total. The van der Waals surface area contributed by atoms with E-state index in [4.69, 9.17) is 0 Å². The van der Waals surface area contributed by atoms with Crippen LogP contribution in [0.2, 0.25) is 0 Å². The van der Waals surface area contributed by atoms with Crippen molar-refractivity contribution in [3.8, 4) is 5.69 Å². The van der Waals surface area contributed by atoms with Crippen molar-refractivity contribution in [3.05, 3.63) is 47.0 Å². The zero-order chi connectivity index (χ0) is 20.2. The van der Waals surface area contributed by atoms with E-state index < -0.39 is 0 Å². The van der Waals surface area contributed by atoms with Crippen LogP contribution in [0.4, 0.5) is 4.39 Å². The number of carbonyl (C=O) groups excluding carboxylic acids is 2. The van der Waals surface area contributed by atoms with Crippen LogP contribution >= 0.6 is 0 Å². The molecule has 2 heterocycles. The molecule has 1 aromatic heterocycles. The van der Waals surface area contributed by atoms with Gasteiger partial charge in [-0.25, -0.2) is 9.07 Å².